The minimum Gasteiger partial charge on any atom is -0.465 e. The number of carbonyl (C=O) groups excluding carboxylic acids is 2. The second kappa shape index (κ2) is 12.1. The molecule has 0 radical (unpaired) electrons. The lowest BCUT2D eigenvalue weighted by Gasteiger charge is -2.25. The van der Waals surface area contributed by atoms with Crippen molar-refractivity contribution in [3.63, 3.8) is 0 Å². The highest BCUT2D eigenvalue weighted by Crippen LogP contribution is 2.37. The van der Waals surface area contributed by atoms with E-state index in [1.54, 1.807) is 0 Å². The molecule has 1 aromatic carbocycles. The van der Waals surface area contributed by atoms with Crippen LogP contribution in [0.5, 0.6) is 0 Å². The number of rotatable bonds is 13. The summed E-state index contributed by atoms with van der Waals surface area (Å²) in [5.41, 5.74) is 3.51. The summed E-state index contributed by atoms with van der Waals surface area (Å²) in [5.74, 6) is -0.651. The number of esters is 1. The fourth-order valence-electron chi connectivity index (χ4n) is 3.65. The first-order valence-electron chi connectivity index (χ1n) is 10.4. The lowest BCUT2D eigenvalue weighted by atomic mass is 9.88. The third kappa shape index (κ3) is 6.81. The summed E-state index contributed by atoms with van der Waals surface area (Å²) in [6.07, 6.45) is 5.89. The fraction of sp³-hybridized carbons (Fsp3) is 0.652. The van der Waals surface area contributed by atoms with Crippen LogP contribution >= 0.6 is 8.46 Å². The van der Waals surface area contributed by atoms with Crippen molar-refractivity contribution >= 4 is 20.2 Å². The zero-order valence-electron chi connectivity index (χ0n) is 18.1. The molecular formula is C23H35O4P. The Labute approximate surface area is 171 Å². The Balaban J connectivity index is 3.01. The maximum atomic E-state index is 13.1. The Bertz CT molecular complexity index is 660. The van der Waals surface area contributed by atoms with Gasteiger partial charge in [-0.2, -0.15) is 0 Å². The Morgan fingerprint density at radius 2 is 1.57 bits per heavy atom. The summed E-state index contributed by atoms with van der Waals surface area (Å²) >= 11 is 0. The first-order chi connectivity index (χ1) is 13.3. The largest absolute Gasteiger partial charge is 0.465 e. The van der Waals surface area contributed by atoms with Crippen molar-refractivity contribution < 1.29 is 18.9 Å². The van der Waals surface area contributed by atoms with Crippen molar-refractivity contribution in [2.45, 2.75) is 91.1 Å². The average molecular weight is 407 g/mol. The van der Waals surface area contributed by atoms with Gasteiger partial charge in [-0.15, -0.1) is 0 Å². The van der Waals surface area contributed by atoms with Gasteiger partial charge in [0.25, 0.3) is 0 Å². The summed E-state index contributed by atoms with van der Waals surface area (Å²) in [6.45, 7) is 10.3. The predicted octanol–water partition coefficient (Wildman–Crippen LogP) is 6.53. The van der Waals surface area contributed by atoms with Gasteiger partial charge in [-0.05, 0) is 44.7 Å². The van der Waals surface area contributed by atoms with Gasteiger partial charge in [-0.3, -0.25) is 14.2 Å². The number of ether oxygens (including phenoxy) is 1. The zero-order chi connectivity index (χ0) is 21.2. The molecule has 0 fully saturated rings. The summed E-state index contributed by atoms with van der Waals surface area (Å²) in [6, 6.07) is 3.93. The van der Waals surface area contributed by atoms with Crippen LogP contribution in [0, 0.1) is 20.8 Å². The van der Waals surface area contributed by atoms with E-state index in [9.17, 15) is 14.2 Å². The molecule has 0 N–H and O–H groups in total. The standard InChI is InChI=1S/C23H35O4P/c1-6-8-10-11-13-27-22(25)23(28-26,12-9-7-2)16-20(24)21-18(4)14-17(3)15-19(21)5/h14-15H,6-13,16H2,1-5H3. The van der Waals surface area contributed by atoms with E-state index in [-0.39, 0.29) is 20.7 Å². The molecule has 0 aliphatic rings. The molecule has 0 bridgehead atoms. The maximum Gasteiger partial charge on any atom is 0.324 e. The highest BCUT2D eigenvalue weighted by molar-refractivity contribution is 7.28. The second-order valence-corrected chi connectivity index (χ2v) is 8.84. The highest BCUT2D eigenvalue weighted by atomic mass is 31.1. The van der Waals surface area contributed by atoms with Crippen molar-refractivity contribution in [3.8, 4) is 0 Å². The van der Waals surface area contributed by atoms with Gasteiger partial charge in [0.15, 0.2) is 19.4 Å². The quantitative estimate of drug-likeness (QED) is 0.162. The van der Waals surface area contributed by atoms with Crippen LogP contribution in [0.4, 0.5) is 0 Å². The Morgan fingerprint density at radius 3 is 2.11 bits per heavy atom. The highest BCUT2D eigenvalue weighted by Gasteiger charge is 2.43. The number of hydrogen-bond donors (Lipinski definition) is 0. The third-order valence-electron chi connectivity index (χ3n) is 5.14. The van der Waals surface area contributed by atoms with Crippen LogP contribution in [0.2, 0.25) is 0 Å². The van der Waals surface area contributed by atoms with Gasteiger partial charge >= 0.3 is 5.97 Å². The number of unbranched alkanes of at least 4 members (excludes halogenated alkanes) is 4. The Morgan fingerprint density at radius 1 is 0.964 bits per heavy atom. The van der Waals surface area contributed by atoms with Crippen LogP contribution in [0.3, 0.4) is 0 Å². The van der Waals surface area contributed by atoms with Crippen molar-refractivity contribution in [2.75, 3.05) is 6.61 Å². The number of ketones is 1. The van der Waals surface area contributed by atoms with E-state index < -0.39 is 11.1 Å². The van der Waals surface area contributed by atoms with Crippen molar-refractivity contribution in [1.29, 1.82) is 0 Å². The number of benzene rings is 1. The molecular weight excluding hydrogens is 371 g/mol. The monoisotopic (exact) mass is 406 g/mol. The predicted molar refractivity (Wildman–Crippen MR) is 115 cm³/mol. The maximum absolute atomic E-state index is 13.1. The molecule has 4 nitrogen and oxygen atoms in total. The molecule has 1 unspecified atom stereocenters. The lowest BCUT2D eigenvalue weighted by Crippen LogP contribution is -2.37. The van der Waals surface area contributed by atoms with E-state index in [0.717, 1.165) is 55.2 Å². The van der Waals surface area contributed by atoms with Gasteiger partial charge in [0.2, 0.25) is 0 Å². The van der Waals surface area contributed by atoms with E-state index in [0.29, 0.717) is 18.6 Å². The molecule has 0 aliphatic carbocycles. The van der Waals surface area contributed by atoms with E-state index in [1.807, 2.05) is 39.8 Å². The van der Waals surface area contributed by atoms with E-state index >= 15 is 0 Å². The third-order valence-corrected chi connectivity index (χ3v) is 6.05. The van der Waals surface area contributed by atoms with Crippen LogP contribution in [0.15, 0.2) is 12.1 Å². The zero-order valence-corrected chi connectivity index (χ0v) is 19.0. The van der Waals surface area contributed by atoms with E-state index in [2.05, 4.69) is 6.92 Å². The van der Waals surface area contributed by atoms with Crippen LogP contribution in [-0.2, 0) is 14.1 Å². The smallest absolute Gasteiger partial charge is 0.324 e. The average Bonchev–Trinajstić information content (AvgIpc) is 2.64. The van der Waals surface area contributed by atoms with Crippen LogP contribution in [0.25, 0.3) is 0 Å². The number of aryl methyl sites for hydroxylation is 3. The molecule has 0 aromatic heterocycles. The van der Waals surface area contributed by atoms with Crippen molar-refractivity contribution in [3.05, 3.63) is 34.4 Å². The van der Waals surface area contributed by atoms with Gasteiger partial charge in [0.1, 0.15) is 0 Å². The molecule has 0 heterocycles. The molecule has 0 aliphatic heterocycles. The minimum absolute atomic E-state index is 0.0867. The van der Waals surface area contributed by atoms with Crippen LogP contribution < -0.4 is 0 Å². The molecule has 0 spiro atoms. The minimum atomic E-state index is -1.29. The normalized spacial score (nSPS) is 13.3. The van der Waals surface area contributed by atoms with Gasteiger partial charge in [-0.1, -0.05) is 63.6 Å². The SMILES string of the molecule is CCCCCCOC(=O)C(CCCC)(CC(=O)c1c(C)cc(C)cc1C)P=O. The molecule has 1 rings (SSSR count). The summed E-state index contributed by atoms with van der Waals surface area (Å²) < 4.78 is 17.6. The number of carbonyl (C=O) groups is 2. The Kier molecular flexibility index (Phi) is 10.6. The number of Topliss-reactive ketones (excluding diaryl/α,β-unsaturated/α-hetero) is 1. The molecule has 28 heavy (non-hydrogen) atoms. The molecule has 1 atom stereocenters. The first-order valence-corrected chi connectivity index (χ1v) is 11.2. The van der Waals surface area contributed by atoms with E-state index in [1.165, 1.54) is 0 Å². The van der Waals surface area contributed by atoms with Crippen molar-refractivity contribution in [1.82, 2.24) is 0 Å². The van der Waals surface area contributed by atoms with Gasteiger partial charge < -0.3 is 4.74 Å². The Hall–Kier alpha value is -1.54. The van der Waals surface area contributed by atoms with Crippen molar-refractivity contribution in [2.24, 2.45) is 0 Å². The summed E-state index contributed by atoms with van der Waals surface area (Å²) in [5, 5.41) is -1.29. The molecule has 0 saturated carbocycles. The van der Waals surface area contributed by atoms with Crippen LogP contribution in [-0.4, -0.2) is 23.5 Å². The molecule has 0 amide bonds. The summed E-state index contributed by atoms with van der Waals surface area (Å²) in [4.78, 5) is 25.9. The van der Waals surface area contributed by atoms with Gasteiger partial charge in [0, 0.05) is 12.0 Å². The second-order valence-electron chi connectivity index (χ2n) is 7.80. The summed E-state index contributed by atoms with van der Waals surface area (Å²) in [7, 11) is -0.334. The van der Waals surface area contributed by atoms with E-state index in [4.69, 9.17) is 4.74 Å². The molecule has 5 heteroatoms. The number of hydrogen-bond acceptors (Lipinski definition) is 4. The first kappa shape index (κ1) is 24.5. The molecule has 0 saturated heterocycles. The van der Waals surface area contributed by atoms with Gasteiger partial charge in [-0.25, -0.2) is 0 Å². The molecule has 156 valence electrons. The topological polar surface area (TPSA) is 60.4 Å². The molecule has 1 aromatic rings. The lowest BCUT2D eigenvalue weighted by molar-refractivity contribution is -0.147. The van der Waals surface area contributed by atoms with Crippen LogP contribution in [0.1, 0.15) is 92.3 Å². The van der Waals surface area contributed by atoms with Gasteiger partial charge in [0.05, 0.1) is 6.61 Å². The fourth-order valence-corrected chi connectivity index (χ4v) is 4.25.